The Hall–Kier alpha value is -2.60. The molecule has 0 heterocycles. The molecule has 2 rings (SSSR count). The minimum Gasteiger partial charge on any atom is -0.494 e. The number of carbonyl (C=O) groups excluding carboxylic acids is 1. The first-order valence-corrected chi connectivity index (χ1v) is 10.6. The smallest absolute Gasteiger partial charge is 0.257 e. The van der Waals surface area contributed by atoms with Gasteiger partial charge in [-0.05, 0) is 55.9 Å². The molecule has 0 unspecified atom stereocenters. The van der Waals surface area contributed by atoms with Crippen molar-refractivity contribution in [2.75, 3.05) is 18.5 Å². The van der Waals surface area contributed by atoms with E-state index in [1.165, 1.54) is 25.7 Å². The predicted molar refractivity (Wildman–Crippen MR) is 122 cm³/mol. The number of anilines is 1. The Morgan fingerprint density at radius 3 is 2.41 bits per heavy atom. The van der Waals surface area contributed by atoms with Gasteiger partial charge in [0.2, 0.25) is 0 Å². The van der Waals surface area contributed by atoms with Gasteiger partial charge < -0.3 is 14.8 Å². The van der Waals surface area contributed by atoms with Gasteiger partial charge in [0.25, 0.3) is 5.91 Å². The fourth-order valence-electron chi connectivity index (χ4n) is 2.79. The number of ether oxygens (including phenoxy) is 2. The summed E-state index contributed by atoms with van der Waals surface area (Å²) in [7, 11) is 0. The average Bonchev–Trinajstić information content (AvgIpc) is 2.71. The maximum atomic E-state index is 12.4. The first kappa shape index (κ1) is 22.7. The number of amides is 1. The first-order chi connectivity index (χ1) is 14.1. The van der Waals surface area contributed by atoms with E-state index >= 15 is 0 Å². The van der Waals surface area contributed by atoms with Crippen LogP contribution in [0, 0.1) is 0 Å². The van der Waals surface area contributed by atoms with Crippen molar-refractivity contribution in [1.82, 2.24) is 5.32 Å². The molecule has 6 heteroatoms. The van der Waals surface area contributed by atoms with E-state index in [0.29, 0.717) is 24.5 Å². The van der Waals surface area contributed by atoms with Crippen molar-refractivity contribution in [3.63, 3.8) is 0 Å². The molecule has 5 nitrogen and oxygen atoms in total. The summed E-state index contributed by atoms with van der Waals surface area (Å²) in [4.78, 5) is 12.4. The van der Waals surface area contributed by atoms with Gasteiger partial charge in [-0.2, -0.15) is 0 Å². The second kappa shape index (κ2) is 12.8. The van der Waals surface area contributed by atoms with Crippen LogP contribution in [0.5, 0.6) is 11.5 Å². The molecule has 0 atom stereocenters. The summed E-state index contributed by atoms with van der Waals surface area (Å²) in [5, 5.41) is 5.95. The van der Waals surface area contributed by atoms with Gasteiger partial charge in [-0.1, -0.05) is 44.7 Å². The van der Waals surface area contributed by atoms with Gasteiger partial charge in [0, 0.05) is 17.3 Å². The van der Waals surface area contributed by atoms with Gasteiger partial charge >= 0.3 is 0 Å². The molecule has 2 aromatic carbocycles. The van der Waals surface area contributed by atoms with E-state index in [4.69, 9.17) is 21.7 Å². The van der Waals surface area contributed by atoms with Gasteiger partial charge in [-0.25, -0.2) is 0 Å². The lowest BCUT2D eigenvalue weighted by atomic mass is 10.2. The highest BCUT2D eigenvalue weighted by atomic mass is 32.1. The molecule has 2 aromatic rings. The zero-order valence-corrected chi connectivity index (χ0v) is 18.0. The van der Waals surface area contributed by atoms with Crippen LogP contribution >= 0.6 is 12.2 Å². The lowest BCUT2D eigenvalue weighted by Gasteiger charge is -2.12. The van der Waals surface area contributed by atoms with Crippen molar-refractivity contribution in [2.24, 2.45) is 0 Å². The Labute approximate surface area is 178 Å². The van der Waals surface area contributed by atoms with E-state index in [0.717, 1.165) is 17.9 Å². The lowest BCUT2D eigenvalue weighted by molar-refractivity contribution is 0.0977. The van der Waals surface area contributed by atoms with Crippen LogP contribution in [0.2, 0.25) is 0 Å². The maximum absolute atomic E-state index is 12.4. The topological polar surface area (TPSA) is 59.6 Å². The summed E-state index contributed by atoms with van der Waals surface area (Å²) in [5.41, 5.74) is 1.25. The molecule has 1 amide bonds. The molecule has 0 bridgehead atoms. The van der Waals surface area contributed by atoms with Crippen LogP contribution in [0.4, 0.5) is 5.69 Å². The molecule has 0 aliphatic carbocycles. The second-order valence-corrected chi connectivity index (χ2v) is 7.07. The number of rotatable bonds is 11. The third-order valence-electron chi connectivity index (χ3n) is 4.24. The Bertz CT molecular complexity index is 795. The fourth-order valence-corrected chi connectivity index (χ4v) is 3.00. The van der Waals surface area contributed by atoms with Crippen LogP contribution in [-0.4, -0.2) is 24.2 Å². The lowest BCUT2D eigenvalue weighted by Crippen LogP contribution is -2.34. The van der Waals surface area contributed by atoms with Gasteiger partial charge in [0.1, 0.15) is 11.5 Å². The average molecular weight is 415 g/mol. The molecular formula is C23H30N2O3S. The molecule has 0 aliphatic rings. The number of carbonyl (C=O) groups is 1. The van der Waals surface area contributed by atoms with E-state index in [9.17, 15) is 4.79 Å². The molecule has 156 valence electrons. The quantitative estimate of drug-likeness (QED) is 0.372. The Kier molecular flexibility index (Phi) is 10.00. The third kappa shape index (κ3) is 8.52. The highest BCUT2D eigenvalue weighted by Crippen LogP contribution is 2.18. The van der Waals surface area contributed by atoms with Crippen LogP contribution < -0.4 is 20.1 Å². The number of hydrogen-bond donors (Lipinski definition) is 2. The van der Waals surface area contributed by atoms with E-state index < -0.39 is 0 Å². The Balaban J connectivity index is 1.82. The van der Waals surface area contributed by atoms with Crippen LogP contribution in [-0.2, 0) is 0 Å². The van der Waals surface area contributed by atoms with Gasteiger partial charge in [0.15, 0.2) is 5.11 Å². The minimum atomic E-state index is -0.288. The van der Waals surface area contributed by atoms with Gasteiger partial charge in [0.05, 0.1) is 13.2 Å². The zero-order valence-electron chi connectivity index (χ0n) is 17.2. The van der Waals surface area contributed by atoms with Crippen molar-refractivity contribution < 1.29 is 14.3 Å². The fraction of sp³-hybridized carbons (Fsp3) is 0.391. The molecule has 29 heavy (non-hydrogen) atoms. The van der Waals surface area contributed by atoms with Crippen LogP contribution in [0.25, 0.3) is 0 Å². The van der Waals surface area contributed by atoms with E-state index in [1.54, 1.807) is 18.2 Å². The molecule has 0 radical (unpaired) electrons. The summed E-state index contributed by atoms with van der Waals surface area (Å²) in [6, 6.07) is 14.6. The molecular weight excluding hydrogens is 384 g/mol. The van der Waals surface area contributed by atoms with Crippen LogP contribution in [0.1, 0.15) is 56.3 Å². The maximum Gasteiger partial charge on any atom is 0.257 e. The normalized spacial score (nSPS) is 10.3. The standard InChI is InChI=1S/C23H30N2O3S/c1-3-5-6-7-8-15-28-21-14-10-12-19(17-21)24-23(29)25-22(26)18-11-9-13-20(16-18)27-4-2/h9-14,16-17H,3-8,15H2,1-2H3,(H2,24,25,26,29). The molecule has 0 fully saturated rings. The van der Waals surface area contributed by atoms with Crippen molar-refractivity contribution in [1.29, 1.82) is 0 Å². The predicted octanol–water partition coefficient (Wildman–Crippen LogP) is 5.56. The Morgan fingerprint density at radius 2 is 1.66 bits per heavy atom. The molecule has 0 aromatic heterocycles. The van der Waals surface area contributed by atoms with Crippen molar-refractivity contribution in [3.8, 4) is 11.5 Å². The Morgan fingerprint density at radius 1 is 0.931 bits per heavy atom. The van der Waals surface area contributed by atoms with Crippen LogP contribution in [0.3, 0.4) is 0 Å². The summed E-state index contributed by atoms with van der Waals surface area (Å²) in [6.45, 7) is 5.35. The minimum absolute atomic E-state index is 0.230. The molecule has 2 N–H and O–H groups in total. The van der Waals surface area contributed by atoms with E-state index in [1.807, 2.05) is 37.3 Å². The van der Waals surface area contributed by atoms with Crippen LogP contribution in [0.15, 0.2) is 48.5 Å². The highest BCUT2D eigenvalue weighted by Gasteiger charge is 2.09. The SMILES string of the molecule is CCCCCCCOc1cccc(NC(=S)NC(=O)c2cccc(OCC)c2)c1. The summed E-state index contributed by atoms with van der Waals surface area (Å²) >= 11 is 5.27. The van der Waals surface area contributed by atoms with E-state index in [-0.39, 0.29) is 11.0 Å². The monoisotopic (exact) mass is 414 g/mol. The largest absolute Gasteiger partial charge is 0.494 e. The second-order valence-electron chi connectivity index (χ2n) is 6.66. The van der Waals surface area contributed by atoms with Gasteiger partial charge in [-0.15, -0.1) is 0 Å². The number of benzene rings is 2. The molecule has 0 saturated heterocycles. The highest BCUT2D eigenvalue weighted by molar-refractivity contribution is 7.80. The van der Waals surface area contributed by atoms with Crippen molar-refractivity contribution >= 4 is 28.9 Å². The first-order valence-electron chi connectivity index (χ1n) is 10.2. The summed E-state index contributed by atoms with van der Waals surface area (Å²) in [5.74, 6) is 1.14. The molecule has 0 saturated carbocycles. The van der Waals surface area contributed by atoms with E-state index in [2.05, 4.69) is 17.6 Å². The summed E-state index contributed by atoms with van der Waals surface area (Å²) in [6.07, 6.45) is 6.00. The summed E-state index contributed by atoms with van der Waals surface area (Å²) < 4.78 is 11.2. The molecule has 0 aliphatic heterocycles. The van der Waals surface area contributed by atoms with Crippen molar-refractivity contribution in [2.45, 2.75) is 46.0 Å². The zero-order chi connectivity index (χ0) is 20.9. The number of hydrogen-bond acceptors (Lipinski definition) is 4. The number of nitrogens with one attached hydrogen (secondary N) is 2. The van der Waals surface area contributed by atoms with Crippen molar-refractivity contribution in [3.05, 3.63) is 54.1 Å². The number of unbranched alkanes of at least 4 members (excludes halogenated alkanes) is 4. The third-order valence-corrected chi connectivity index (χ3v) is 4.45. The number of thiocarbonyl (C=S) groups is 1. The van der Waals surface area contributed by atoms with Gasteiger partial charge in [-0.3, -0.25) is 10.1 Å². The molecule has 0 spiro atoms.